The first-order valence-electron chi connectivity index (χ1n) is 11.3. The Balaban J connectivity index is 1.71. The number of hydrogen-bond donors (Lipinski definition) is 0. The Morgan fingerprint density at radius 3 is 2.29 bits per heavy atom. The van der Waals surface area contributed by atoms with Crippen molar-refractivity contribution in [3.05, 3.63) is 125 Å². The summed E-state index contributed by atoms with van der Waals surface area (Å²) in [6.45, 7) is 3.98. The fourth-order valence-corrected chi connectivity index (χ4v) is 4.26. The highest BCUT2D eigenvalue weighted by atomic mass is 16.5. The van der Waals surface area contributed by atoms with E-state index in [1.54, 1.807) is 24.4 Å². The average molecular weight is 450 g/mol. The van der Waals surface area contributed by atoms with Gasteiger partial charge in [0.25, 0.3) is 0 Å². The smallest absolute Gasteiger partial charge is 0.337 e. The lowest BCUT2D eigenvalue weighted by Gasteiger charge is -2.20. The first-order chi connectivity index (χ1) is 16.5. The Kier molecular flexibility index (Phi) is 6.98. The van der Waals surface area contributed by atoms with Gasteiger partial charge in [0.1, 0.15) is 0 Å². The fourth-order valence-electron chi connectivity index (χ4n) is 4.26. The van der Waals surface area contributed by atoms with Crippen LogP contribution in [-0.2, 0) is 4.74 Å². The molecule has 4 aromatic rings. The molecule has 1 heterocycles. The van der Waals surface area contributed by atoms with Crippen LogP contribution in [0.25, 0.3) is 11.1 Å². The lowest BCUT2D eigenvalue weighted by atomic mass is 9.83. The van der Waals surface area contributed by atoms with Gasteiger partial charge in [0.05, 0.1) is 12.7 Å². The summed E-state index contributed by atoms with van der Waals surface area (Å²) in [4.78, 5) is 29.3. The van der Waals surface area contributed by atoms with E-state index in [-0.39, 0.29) is 17.7 Å². The molecular formula is C30H27NO3. The average Bonchev–Trinajstić information content (AvgIpc) is 2.87. The van der Waals surface area contributed by atoms with Crippen molar-refractivity contribution in [1.82, 2.24) is 4.98 Å². The minimum Gasteiger partial charge on any atom is -0.465 e. The SMILES string of the molecule is COC(=O)c1ccc(-c2cccc(C(CC(=O)c3ccnc(C)c3)c3ccccc3C)c2)cc1. The molecule has 3 aromatic carbocycles. The van der Waals surface area contributed by atoms with E-state index in [1.807, 2.05) is 49.4 Å². The second-order valence-electron chi connectivity index (χ2n) is 8.42. The number of nitrogens with zero attached hydrogens (tertiary/aromatic N) is 1. The van der Waals surface area contributed by atoms with E-state index in [2.05, 4.69) is 36.2 Å². The normalized spacial score (nSPS) is 11.6. The number of pyridine rings is 1. The molecule has 0 aliphatic carbocycles. The molecule has 0 amide bonds. The Labute approximate surface area is 200 Å². The molecule has 0 saturated carbocycles. The molecule has 4 rings (SSSR count). The highest BCUT2D eigenvalue weighted by Crippen LogP contribution is 2.34. The van der Waals surface area contributed by atoms with Gasteiger partial charge < -0.3 is 4.74 Å². The molecule has 0 aliphatic rings. The second kappa shape index (κ2) is 10.3. The molecule has 34 heavy (non-hydrogen) atoms. The first kappa shape index (κ1) is 23.1. The van der Waals surface area contributed by atoms with E-state index in [0.29, 0.717) is 17.5 Å². The molecule has 0 saturated heterocycles. The molecule has 4 nitrogen and oxygen atoms in total. The van der Waals surface area contributed by atoms with Gasteiger partial charge in [-0.25, -0.2) is 4.79 Å². The maximum absolute atomic E-state index is 13.3. The molecule has 0 fully saturated rings. The second-order valence-corrected chi connectivity index (χ2v) is 8.42. The van der Waals surface area contributed by atoms with E-state index in [1.165, 1.54) is 7.11 Å². The molecule has 4 heteroatoms. The maximum Gasteiger partial charge on any atom is 0.337 e. The summed E-state index contributed by atoms with van der Waals surface area (Å²) >= 11 is 0. The largest absolute Gasteiger partial charge is 0.465 e. The van der Waals surface area contributed by atoms with E-state index in [9.17, 15) is 9.59 Å². The van der Waals surface area contributed by atoms with Gasteiger partial charge in [-0.05, 0) is 65.9 Å². The molecule has 0 spiro atoms. The topological polar surface area (TPSA) is 56.3 Å². The van der Waals surface area contributed by atoms with Crippen LogP contribution in [0.3, 0.4) is 0 Å². The summed E-state index contributed by atoms with van der Waals surface area (Å²) < 4.78 is 4.80. The third-order valence-electron chi connectivity index (χ3n) is 6.10. The molecule has 1 unspecified atom stereocenters. The van der Waals surface area contributed by atoms with Crippen LogP contribution in [-0.4, -0.2) is 23.8 Å². The Morgan fingerprint density at radius 1 is 0.824 bits per heavy atom. The number of aromatic nitrogens is 1. The van der Waals surface area contributed by atoms with Gasteiger partial charge in [0.15, 0.2) is 5.78 Å². The van der Waals surface area contributed by atoms with Crippen LogP contribution in [0.4, 0.5) is 0 Å². The van der Waals surface area contributed by atoms with Gasteiger partial charge in [-0.2, -0.15) is 0 Å². The zero-order valence-electron chi connectivity index (χ0n) is 19.6. The van der Waals surface area contributed by atoms with Crippen molar-refractivity contribution in [2.24, 2.45) is 0 Å². The summed E-state index contributed by atoms with van der Waals surface area (Å²) in [5, 5.41) is 0. The fraction of sp³-hybridized carbons (Fsp3) is 0.167. The van der Waals surface area contributed by atoms with Crippen LogP contribution < -0.4 is 0 Å². The van der Waals surface area contributed by atoms with Gasteiger partial charge >= 0.3 is 5.97 Å². The monoisotopic (exact) mass is 449 g/mol. The van der Waals surface area contributed by atoms with E-state index in [0.717, 1.165) is 33.5 Å². The molecule has 0 aliphatic heterocycles. The Morgan fingerprint density at radius 2 is 1.59 bits per heavy atom. The van der Waals surface area contributed by atoms with E-state index < -0.39 is 0 Å². The minimum atomic E-state index is -0.357. The van der Waals surface area contributed by atoms with Crippen molar-refractivity contribution in [2.45, 2.75) is 26.2 Å². The van der Waals surface area contributed by atoms with E-state index >= 15 is 0 Å². The predicted molar refractivity (Wildman–Crippen MR) is 134 cm³/mol. The number of Topliss-reactive ketones (excluding diaryl/α,β-unsaturated/α-hetero) is 1. The number of hydrogen-bond acceptors (Lipinski definition) is 4. The van der Waals surface area contributed by atoms with Crippen LogP contribution in [0.5, 0.6) is 0 Å². The predicted octanol–water partition coefficient (Wildman–Crippen LogP) is 6.56. The lowest BCUT2D eigenvalue weighted by Crippen LogP contribution is -2.11. The van der Waals surface area contributed by atoms with Crippen LogP contribution in [0.2, 0.25) is 0 Å². The van der Waals surface area contributed by atoms with E-state index in [4.69, 9.17) is 4.74 Å². The Bertz CT molecular complexity index is 1320. The Hall–Kier alpha value is -4.05. The molecule has 170 valence electrons. The molecular weight excluding hydrogens is 422 g/mol. The number of esters is 1. The van der Waals surface area contributed by atoms with Gasteiger partial charge in [-0.1, -0.05) is 60.7 Å². The van der Waals surface area contributed by atoms with Crippen molar-refractivity contribution in [3.8, 4) is 11.1 Å². The van der Waals surface area contributed by atoms with Crippen molar-refractivity contribution in [1.29, 1.82) is 0 Å². The maximum atomic E-state index is 13.3. The third kappa shape index (κ3) is 5.12. The number of ether oxygens (including phenoxy) is 1. The zero-order chi connectivity index (χ0) is 24.1. The number of aryl methyl sites for hydroxylation is 2. The highest BCUT2D eigenvalue weighted by molar-refractivity contribution is 5.97. The van der Waals surface area contributed by atoms with Crippen LogP contribution >= 0.6 is 0 Å². The molecule has 0 radical (unpaired) electrons. The van der Waals surface area contributed by atoms with Crippen LogP contribution in [0.1, 0.15) is 55.4 Å². The van der Waals surface area contributed by atoms with Crippen LogP contribution in [0.15, 0.2) is 91.1 Å². The highest BCUT2D eigenvalue weighted by Gasteiger charge is 2.21. The first-order valence-corrected chi connectivity index (χ1v) is 11.3. The number of rotatable bonds is 7. The molecule has 0 N–H and O–H groups in total. The summed E-state index contributed by atoms with van der Waals surface area (Å²) in [6.07, 6.45) is 2.04. The number of benzene rings is 3. The lowest BCUT2D eigenvalue weighted by molar-refractivity contribution is 0.0600. The van der Waals surface area contributed by atoms with Gasteiger partial charge in [0.2, 0.25) is 0 Å². The number of carbonyl (C=O) groups is 2. The van der Waals surface area contributed by atoms with Gasteiger partial charge in [-0.15, -0.1) is 0 Å². The number of ketones is 1. The summed E-state index contributed by atoms with van der Waals surface area (Å²) in [7, 11) is 1.37. The van der Waals surface area contributed by atoms with Crippen LogP contribution in [0, 0.1) is 13.8 Å². The number of methoxy groups -OCH3 is 1. The van der Waals surface area contributed by atoms with Crippen molar-refractivity contribution in [2.75, 3.05) is 7.11 Å². The standard InChI is InChI=1S/C30H27NO3/c1-20-7-4-5-10-27(20)28(19-29(32)26-15-16-31-21(2)17-26)25-9-6-8-24(18-25)22-11-13-23(14-12-22)30(33)34-3/h4-18,28H,19H2,1-3H3. The minimum absolute atomic E-state index is 0.0866. The van der Waals surface area contributed by atoms with Crippen molar-refractivity contribution in [3.63, 3.8) is 0 Å². The summed E-state index contributed by atoms with van der Waals surface area (Å²) in [6, 6.07) is 27.5. The summed E-state index contributed by atoms with van der Waals surface area (Å²) in [5.74, 6) is -0.354. The molecule has 0 bridgehead atoms. The third-order valence-corrected chi connectivity index (χ3v) is 6.10. The summed E-state index contributed by atoms with van der Waals surface area (Å²) in [5.41, 5.74) is 7.41. The zero-order valence-corrected chi connectivity index (χ0v) is 19.6. The number of carbonyl (C=O) groups excluding carboxylic acids is 2. The quantitative estimate of drug-likeness (QED) is 0.237. The van der Waals surface area contributed by atoms with Gasteiger partial charge in [-0.3, -0.25) is 9.78 Å². The van der Waals surface area contributed by atoms with Crippen molar-refractivity contribution < 1.29 is 14.3 Å². The van der Waals surface area contributed by atoms with Crippen molar-refractivity contribution >= 4 is 11.8 Å². The van der Waals surface area contributed by atoms with Gasteiger partial charge in [0, 0.05) is 29.8 Å². The molecule has 1 aromatic heterocycles. The molecule has 1 atom stereocenters.